The summed E-state index contributed by atoms with van der Waals surface area (Å²) in [6, 6.07) is 5.67. The van der Waals surface area contributed by atoms with Crippen molar-refractivity contribution in [1.82, 2.24) is 9.21 Å². The third-order valence-electron chi connectivity index (χ3n) is 4.28. The average Bonchev–Trinajstić information content (AvgIpc) is 2.78. The second kappa shape index (κ2) is 6.28. The Kier molecular flexibility index (Phi) is 4.76. The standard InChI is InChI=1S/C14H18Br2N2O2S/c15-11-4-5-13(16)14(9-11)21(19,20)18-8-2-7-17-6-1-3-12(17)10-18/h4-5,9,12H,1-3,6-8,10H2. The molecule has 1 aromatic carbocycles. The Hall–Kier alpha value is 0.0500. The van der Waals surface area contributed by atoms with Crippen molar-refractivity contribution in [2.75, 3.05) is 26.2 Å². The summed E-state index contributed by atoms with van der Waals surface area (Å²) < 4.78 is 29.0. The normalized spacial score (nSPS) is 24.8. The fourth-order valence-electron chi connectivity index (χ4n) is 3.21. The van der Waals surface area contributed by atoms with Gasteiger partial charge in [-0.3, -0.25) is 4.90 Å². The highest BCUT2D eigenvalue weighted by Gasteiger charge is 2.35. The van der Waals surface area contributed by atoms with Crippen molar-refractivity contribution in [2.45, 2.75) is 30.2 Å². The Labute approximate surface area is 142 Å². The van der Waals surface area contributed by atoms with Gasteiger partial charge in [0.05, 0.1) is 4.90 Å². The number of sulfonamides is 1. The molecule has 21 heavy (non-hydrogen) atoms. The number of rotatable bonds is 2. The van der Waals surface area contributed by atoms with Gasteiger partial charge in [-0.2, -0.15) is 4.31 Å². The van der Waals surface area contributed by atoms with Crippen LogP contribution in [0.3, 0.4) is 0 Å². The summed E-state index contributed by atoms with van der Waals surface area (Å²) in [6.45, 7) is 3.34. The van der Waals surface area contributed by atoms with Gasteiger partial charge in [0.25, 0.3) is 0 Å². The molecule has 3 rings (SSSR count). The van der Waals surface area contributed by atoms with Crippen LogP contribution in [0.1, 0.15) is 19.3 Å². The summed E-state index contributed by atoms with van der Waals surface area (Å²) in [4.78, 5) is 2.79. The zero-order valence-electron chi connectivity index (χ0n) is 11.6. The van der Waals surface area contributed by atoms with E-state index in [2.05, 4.69) is 36.8 Å². The molecule has 2 aliphatic heterocycles. The highest BCUT2D eigenvalue weighted by atomic mass is 79.9. The van der Waals surface area contributed by atoms with E-state index in [-0.39, 0.29) is 0 Å². The van der Waals surface area contributed by atoms with E-state index in [0.717, 1.165) is 30.4 Å². The predicted molar refractivity (Wildman–Crippen MR) is 89.8 cm³/mol. The average molecular weight is 438 g/mol. The van der Waals surface area contributed by atoms with Crippen molar-refractivity contribution in [3.05, 3.63) is 27.1 Å². The van der Waals surface area contributed by atoms with Crippen molar-refractivity contribution in [3.8, 4) is 0 Å². The molecule has 0 spiro atoms. The second-order valence-electron chi connectivity index (χ2n) is 5.62. The lowest BCUT2D eigenvalue weighted by atomic mass is 10.2. The van der Waals surface area contributed by atoms with Gasteiger partial charge >= 0.3 is 0 Å². The lowest BCUT2D eigenvalue weighted by Gasteiger charge is -2.25. The number of hydrogen-bond donors (Lipinski definition) is 0. The Balaban J connectivity index is 1.92. The minimum Gasteiger partial charge on any atom is -0.299 e. The van der Waals surface area contributed by atoms with Crippen molar-refractivity contribution in [2.24, 2.45) is 0 Å². The van der Waals surface area contributed by atoms with Gasteiger partial charge in [0, 0.05) is 28.1 Å². The minimum absolute atomic E-state index is 0.350. The van der Waals surface area contributed by atoms with Gasteiger partial charge < -0.3 is 0 Å². The van der Waals surface area contributed by atoms with Crippen LogP contribution in [-0.4, -0.2) is 49.8 Å². The number of nitrogens with zero attached hydrogens (tertiary/aromatic N) is 2. The van der Waals surface area contributed by atoms with Crippen molar-refractivity contribution in [3.63, 3.8) is 0 Å². The minimum atomic E-state index is -3.45. The predicted octanol–water partition coefficient (Wildman–Crippen LogP) is 3.07. The van der Waals surface area contributed by atoms with E-state index in [1.165, 1.54) is 6.42 Å². The molecular formula is C14H18Br2N2O2S. The fraction of sp³-hybridized carbons (Fsp3) is 0.571. The summed E-state index contributed by atoms with van der Waals surface area (Å²) in [5, 5.41) is 0. The molecule has 7 heteroatoms. The molecule has 2 aliphatic rings. The molecule has 0 amide bonds. The van der Waals surface area contributed by atoms with E-state index in [1.807, 2.05) is 6.07 Å². The van der Waals surface area contributed by atoms with Crippen LogP contribution in [0.25, 0.3) is 0 Å². The molecule has 1 atom stereocenters. The first-order chi connectivity index (χ1) is 9.98. The lowest BCUT2D eigenvalue weighted by Crippen LogP contribution is -2.39. The van der Waals surface area contributed by atoms with Gasteiger partial charge in [0.2, 0.25) is 10.0 Å². The van der Waals surface area contributed by atoms with Crippen LogP contribution in [0, 0.1) is 0 Å². The van der Waals surface area contributed by atoms with Gasteiger partial charge in [0.1, 0.15) is 0 Å². The molecule has 116 valence electrons. The largest absolute Gasteiger partial charge is 0.299 e. The Morgan fingerprint density at radius 3 is 2.67 bits per heavy atom. The van der Waals surface area contributed by atoms with E-state index < -0.39 is 10.0 Å². The lowest BCUT2D eigenvalue weighted by molar-refractivity contribution is 0.257. The van der Waals surface area contributed by atoms with Crippen LogP contribution in [-0.2, 0) is 10.0 Å². The highest BCUT2D eigenvalue weighted by Crippen LogP contribution is 2.30. The SMILES string of the molecule is O=S(=O)(c1cc(Br)ccc1Br)N1CCCN2CCCC2C1. The quantitative estimate of drug-likeness (QED) is 0.713. The molecule has 0 radical (unpaired) electrons. The molecule has 1 aromatic rings. The molecule has 1 unspecified atom stereocenters. The Morgan fingerprint density at radius 2 is 1.86 bits per heavy atom. The molecular weight excluding hydrogens is 420 g/mol. The third-order valence-corrected chi connectivity index (χ3v) is 7.63. The maximum atomic E-state index is 13.0. The zero-order chi connectivity index (χ0) is 15.0. The maximum Gasteiger partial charge on any atom is 0.244 e. The highest BCUT2D eigenvalue weighted by molar-refractivity contribution is 9.11. The van der Waals surface area contributed by atoms with Gasteiger partial charge in [-0.15, -0.1) is 0 Å². The summed E-state index contributed by atoms with van der Waals surface area (Å²) in [5.41, 5.74) is 0. The van der Waals surface area contributed by atoms with Crippen molar-refractivity contribution >= 4 is 41.9 Å². The van der Waals surface area contributed by atoms with E-state index in [0.29, 0.717) is 28.5 Å². The molecule has 4 nitrogen and oxygen atoms in total. The summed E-state index contributed by atoms with van der Waals surface area (Å²) in [6.07, 6.45) is 3.19. The number of hydrogen-bond acceptors (Lipinski definition) is 3. The fourth-order valence-corrected chi connectivity index (χ4v) is 6.18. The van der Waals surface area contributed by atoms with E-state index in [4.69, 9.17) is 0 Å². The van der Waals surface area contributed by atoms with Crippen LogP contribution in [0.15, 0.2) is 32.0 Å². The van der Waals surface area contributed by atoms with Crippen LogP contribution >= 0.6 is 31.9 Å². The van der Waals surface area contributed by atoms with E-state index >= 15 is 0 Å². The molecule has 0 N–H and O–H groups in total. The first kappa shape index (κ1) is 15.9. The van der Waals surface area contributed by atoms with Crippen molar-refractivity contribution < 1.29 is 8.42 Å². The zero-order valence-corrected chi connectivity index (χ0v) is 15.6. The maximum absolute atomic E-state index is 13.0. The molecule has 2 saturated heterocycles. The van der Waals surface area contributed by atoms with Gasteiger partial charge in [-0.25, -0.2) is 8.42 Å². The summed E-state index contributed by atoms with van der Waals surface area (Å²) in [5.74, 6) is 0. The van der Waals surface area contributed by atoms with Crippen LogP contribution in [0.2, 0.25) is 0 Å². The summed E-state index contributed by atoms with van der Waals surface area (Å²) >= 11 is 6.73. The first-order valence-electron chi connectivity index (χ1n) is 7.18. The van der Waals surface area contributed by atoms with E-state index in [1.54, 1.807) is 16.4 Å². The second-order valence-corrected chi connectivity index (χ2v) is 9.30. The van der Waals surface area contributed by atoms with Gasteiger partial charge in [0.15, 0.2) is 0 Å². The van der Waals surface area contributed by atoms with Crippen LogP contribution in [0.5, 0.6) is 0 Å². The summed E-state index contributed by atoms with van der Waals surface area (Å²) in [7, 11) is -3.45. The molecule has 0 aromatic heterocycles. The van der Waals surface area contributed by atoms with Gasteiger partial charge in [-0.1, -0.05) is 15.9 Å². The third kappa shape index (κ3) is 3.22. The Morgan fingerprint density at radius 1 is 1.10 bits per heavy atom. The smallest absolute Gasteiger partial charge is 0.244 e. The van der Waals surface area contributed by atoms with E-state index in [9.17, 15) is 8.42 Å². The number of fused-ring (bicyclic) bond motifs is 1. The number of halogens is 2. The monoisotopic (exact) mass is 436 g/mol. The molecule has 0 saturated carbocycles. The molecule has 2 fully saturated rings. The number of benzene rings is 1. The van der Waals surface area contributed by atoms with Crippen molar-refractivity contribution in [1.29, 1.82) is 0 Å². The van der Waals surface area contributed by atoms with Gasteiger partial charge in [-0.05, 0) is 66.5 Å². The first-order valence-corrected chi connectivity index (χ1v) is 10.2. The Bertz CT molecular complexity index is 636. The molecule has 2 heterocycles. The molecule has 0 aliphatic carbocycles. The molecule has 0 bridgehead atoms. The van der Waals surface area contributed by atoms with Crippen LogP contribution in [0.4, 0.5) is 0 Å². The van der Waals surface area contributed by atoms with Crippen LogP contribution < -0.4 is 0 Å². The topological polar surface area (TPSA) is 40.6 Å².